The maximum atomic E-state index is 9.93. The Kier molecular flexibility index (Phi) is 4.14. The topological polar surface area (TPSA) is 84.0 Å². The van der Waals surface area contributed by atoms with Crippen molar-refractivity contribution in [3.63, 3.8) is 0 Å². The molecular weight excluding hydrogens is 332 g/mol. The molecule has 0 saturated carbocycles. The number of hydroxylamine groups is 2. The van der Waals surface area contributed by atoms with Crippen molar-refractivity contribution in [2.45, 2.75) is 13.0 Å². The molecule has 132 valence electrons. The minimum atomic E-state index is -0.0401. The van der Waals surface area contributed by atoms with Gasteiger partial charge in [-0.2, -0.15) is 4.98 Å². The number of para-hydroxylation sites is 1. The number of aromatic hydroxyl groups is 1. The molecule has 7 nitrogen and oxygen atoms in total. The van der Waals surface area contributed by atoms with Crippen molar-refractivity contribution >= 4 is 11.3 Å². The molecule has 0 spiro atoms. The fourth-order valence-electron chi connectivity index (χ4n) is 2.81. The molecule has 0 bridgehead atoms. The first kappa shape index (κ1) is 16.3. The van der Waals surface area contributed by atoms with Gasteiger partial charge in [-0.25, -0.2) is 0 Å². The summed E-state index contributed by atoms with van der Waals surface area (Å²) in [6.45, 7) is 6.57. The van der Waals surface area contributed by atoms with Crippen LogP contribution in [0.4, 0.5) is 0 Å². The van der Waals surface area contributed by atoms with Crippen molar-refractivity contribution < 1.29 is 14.6 Å². The van der Waals surface area contributed by atoms with Crippen LogP contribution in [0.5, 0.6) is 5.75 Å². The van der Waals surface area contributed by atoms with Crippen molar-refractivity contribution in [1.29, 1.82) is 0 Å². The monoisotopic (exact) mass is 350 g/mol. The van der Waals surface area contributed by atoms with Crippen molar-refractivity contribution in [3.05, 3.63) is 61.0 Å². The molecule has 2 aromatic rings. The SMILES string of the molecule is C=CC(C)CN1ON=C2C=C(c3nc(-c4ccccc4O)no3)C=CC21. The van der Waals surface area contributed by atoms with Gasteiger partial charge in [0.25, 0.3) is 5.89 Å². The molecule has 2 heterocycles. The molecule has 4 rings (SSSR count). The van der Waals surface area contributed by atoms with E-state index in [1.807, 2.05) is 29.4 Å². The predicted octanol–water partition coefficient (Wildman–Crippen LogP) is 3.19. The fourth-order valence-corrected chi connectivity index (χ4v) is 2.81. The van der Waals surface area contributed by atoms with Gasteiger partial charge in [-0.3, -0.25) is 4.94 Å². The number of aromatic nitrogens is 2. The average molecular weight is 350 g/mol. The van der Waals surface area contributed by atoms with E-state index in [1.165, 1.54) is 0 Å². The summed E-state index contributed by atoms with van der Waals surface area (Å²) in [5, 5.41) is 19.8. The Labute approximate surface area is 150 Å². The molecule has 1 aromatic heterocycles. The Bertz CT molecular complexity index is 928. The van der Waals surface area contributed by atoms with E-state index in [4.69, 9.17) is 9.46 Å². The summed E-state index contributed by atoms with van der Waals surface area (Å²) < 4.78 is 5.36. The lowest BCUT2D eigenvalue weighted by Gasteiger charge is -2.21. The van der Waals surface area contributed by atoms with Crippen molar-refractivity contribution in [2.75, 3.05) is 6.54 Å². The highest BCUT2D eigenvalue weighted by Crippen LogP contribution is 2.29. The average Bonchev–Trinajstić information content (AvgIpc) is 3.29. The Balaban J connectivity index is 1.55. The summed E-state index contributed by atoms with van der Waals surface area (Å²) in [7, 11) is 0. The second-order valence-electron chi connectivity index (χ2n) is 6.25. The highest BCUT2D eigenvalue weighted by Gasteiger charge is 2.32. The van der Waals surface area contributed by atoms with Gasteiger partial charge in [0.1, 0.15) is 17.5 Å². The molecular formula is C19H18N4O3. The third-order valence-corrected chi connectivity index (χ3v) is 4.31. The van der Waals surface area contributed by atoms with Crippen LogP contribution in [-0.2, 0) is 4.94 Å². The smallest absolute Gasteiger partial charge is 0.258 e. The lowest BCUT2D eigenvalue weighted by Crippen LogP contribution is -2.36. The van der Waals surface area contributed by atoms with Crippen molar-refractivity contribution in [3.8, 4) is 17.1 Å². The Morgan fingerprint density at radius 1 is 1.38 bits per heavy atom. The second kappa shape index (κ2) is 6.61. The Morgan fingerprint density at radius 2 is 2.23 bits per heavy atom. The van der Waals surface area contributed by atoms with Crippen LogP contribution < -0.4 is 0 Å². The molecule has 0 fully saturated rings. The van der Waals surface area contributed by atoms with Crippen molar-refractivity contribution in [1.82, 2.24) is 15.2 Å². The highest BCUT2D eigenvalue weighted by molar-refractivity contribution is 6.08. The molecule has 1 N–H and O–H groups in total. The number of phenolic OH excluding ortho intramolecular Hbond substituents is 1. The zero-order valence-corrected chi connectivity index (χ0v) is 14.2. The zero-order chi connectivity index (χ0) is 18.1. The molecule has 2 aliphatic rings. The standard InChI is InChI=1S/C19H18N4O3/c1-3-12(2)11-23-16-9-8-13(10-15(16)21-26-23)19-20-18(22-25-19)14-6-4-5-7-17(14)24/h3-10,12,16,24H,1,11H2,2H3. The van der Waals surface area contributed by atoms with Gasteiger partial charge in [-0.1, -0.05) is 47.6 Å². The van der Waals surface area contributed by atoms with Crippen LogP contribution in [-0.4, -0.2) is 38.6 Å². The molecule has 0 radical (unpaired) electrons. The Hall–Kier alpha value is -3.19. The summed E-state index contributed by atoms with van der Waals surface area (Å²) in [5.74, 6) is 1.09. The third kappa shape index (κ3) is 2.93. The van der Waals surface area contributed by atoms with Gasteiger partial charge < -0.3 is 9.63 Å². The summed E-state index contributed by atoms with van der Waals surface area (Å²) in [5.41, 5.74) is 2.05. The summed E-state index contributed by atoms with van der Waals surface area (Å²) in [4.78, 5) is 9.80. The summed E-state index contributed by atoms with van der Waals surface area (Å²) in [6.07, 6.45) is 7.65. The van der Waals surface area contributed by atoms with Gasteiger partial charge in [0.15, 0.2) is 0 Å². The van der Waals surface area contributed by atoms with Crippen LogP contribution in [0.3, 0.4) is 0 Å². The van der Waals surface area contributed by atoms with Gasteiger partial charge in [0.2, 0.25) is 5.82 Å². The molecule has 0 amide bonds. The highest BCUT2D eigenvalue weighted by atomic mass is 16.8. The number of nitrogens with zero attached hydrogens (tertiary/aromatic N) is 4. The second-order valence-corrected chi connectivity index (χ2v) is 6.25. The molecule has 1 aromatic carbocycles. The molecule has 1 aliphatic heterocycles. The molecule has 26 heavy (non-hydrogen) atoms. The van der Waals surface area contributed by atoms with Crippen LogP contribution in [0.15, 0.2) is 64.8 Å². The third-order valence-electron chi connectivity index (χ3n) is 4.31. The van der Waals surface area contributed by atoms with Gasteiger partial charge >= 0.3 is 0 Å². The zero-order valence-electron chi connectivity index (χ0n) is 14.2. The van der Waals surface area contributed by atoms with Crippen molar-refractivity contribution in [2.24, 2.45) is 11.1 Å². The van der Waals surface area contributed by atoms with E-state index in [1.54, 1.807) is 24.3 Å². The molecule has 2 atom stereocenters. The first-order chi connectivity index (χ1) is 12.7. The number of hydrogen-bond acceptors (Lipinski definition) is 7. The fraction of sp³-hybridized carbons (Fsp3) is 0.211. The minimum Gasteiger partial charge on any atom is -0.507 e. The number of benzene rings is 1. The van der Waals surface area contributed by atoms with E-state index >= 15 is 0 Å². The Morgan fingerprint density at radius 3 is 3.04 bits per heavy atom. The quantitative estimate of drug-likeness (QED) is 0.834. The number of rotatable bonds is 5. The lowest BCUT2D eigenvalue weighted by molar-refractivity contribution is -0.148. The van der Waals surface area contributed by atoms with E-state index in [0.717, 1.165) is 11.3 Å². The van der Waals surface area contributed by atoms with Gasteiger partial charge in [-0.15, -0.1) is 11.6 Å². The number of hydrogen-bond donors (Lipinski definition) is 1. The predicted molar refractivity (Wildman–Crippen MR) is 96.9 cm³/mol. The molecule has 1 aliphatic carbocycles. The minimum absolute atomic E-state index is 0.0401. The van der Waals surface area contributed by atoms with E-state index < -0.39 is 0 Å². The normalized spacial score (nSPS) is 20.1. The number of allylic oxidation sites excluding steroid dienone is 2. The molecule has 7 heteroatoms. The summed E-state index contributed by atoms with van der Waals surface area (Å²) in [6, 6.07) is 6.82. The van der Waals surface area contributed by atoms with E-state index in [-0.39, 0.29) is 11.8 Å². The number of fused-ring (bicyclic) bond motifs is 1. The van der Waals surface area contributed by atoms with Gasteiger partial charge in [0, 0.05) is 12.1 Å². The van der Waals surface area contributed by atoms with Crippen LogP contribution in [0, 0.1) is 5.92 Å². The van der Waals surface area contributed by atoms with Gasteiger partial charge in [0.05, 0.1) is 5.56 Å². The maximum absolute atomic E-state index is 9.93. The van der Waals surface area contributed by atoms with Crippen LogP contribution in [0.2, 0.25) is 0 Å². The number of oxime groups is 1. The van der Waals surface area contributed by atoms with Crippen LogP contribution in [0.25, 0.3) is 17.0 Å². The first-order valence-corrected chi connectivity index (χ1v) is 8.32. The first-order valence-electron chi connectivity index (χ1n) is 8.32. The molecule has 0 saturated heterocycles. The lowest BCUT2D eigenvalue weighted by atomic mass is 10.00. The van der Waals surface area contributed by atoms with Gasteiger partial charge in [-0.05, 0) is 24.1 Å². The molecule has 2 unspecified atom stereocenters. The van der Waals surface area contributed by atoms with Crippen LogP contribution in [0.1, 0.15) is 12.8 Å². The number of phenols is 1. The van der Waals surface area contributed by atoms with Crippen LogP contribution >= 0.6 is 0 Å². The largest absolute Gasteiger partial charge is 0.507 e. The van der Waals surface area contributed by atoms with E-state index in [9.17, 15) is 5.11 Å². The maximum Gasteiger partial charge on any atom is 0.258 e. The van der Waals surface area contributed by atoms with E-state index in [0.29, 0.717) is 29.7 Å². The van der Waals surface area contributed by atoms with E-state index in [2.05, 4.69) is 28.8 Å². The summed E-state index contributed by atoms with van der Waals surface area (Å²) >= 11 is 0.